The first-order valence-electron chi connectivity index (χ1n) is 15.8. The van der Waals surface area contributed by atoms with Crippen molar-refractivity contribution in [1.82, 2.24) is 0 Å². The molecule has 0 bridgehead atoms. The average Bonchev–Trinajstić information content (AvgIpc) is 2.95. The van der Waals surface area contributed by atoms with E-state index in [-0.39, 0.29) is 36.9 Å². The summed E-state index contributed by atoms with van der Waals surface area (Å²) in [5.41, 5.74) is 0. The van der Waals surface area contributed by atoms with Gasteiger partial charge in [0, 0.05) is 12.7 Å². The Morgan fingerprint density at radius 2 is 1.39 bits per heavy atom. The number of hydrogen-bond acceptors (Lipinski definition) is 6. The molecule has 3 fully saturated rings. The van der Waals surface area contributed by atoms with Gasteiger partial charge in [0.25, 0.3) is 0 Å². The largest absolute Gasteiger partial charge is 0.463 e. The number of ether oxygens (including phenoxy) is 4. The standard InChI is InChI=1S/C32H54O6/c1-3-5-6-9-25-10-12-26(13-11-25)27-14-20-30(21-15-27)38-32(34)28-16-18-29(19-17-28)37-24-35-22-7-8-23-36-31(33)4-2/h4,25-30H,2-3,5-24H2,1H3. The van der Waals surface area contributed by atoms with E-state index in [1.807, 2.05) is 0 Å². The summed E-state index contributed by atoms with van der Waals surface area (Å²) in [7, 11) is 0. The van der Waals surface area contributed by atoms with Crippen LogP contribution >= 0.6 is 0 Å². The van der Waals surface area contributed by atoms with Crippen molar-refractivity contribution >= 4 is 11.9 Å². The van der Waals surface area contributed by atoms with Gasteiger partial charge in [0.05, 0.1) is 18.6 Å². The fourth-order valence-corrected chi connectivity index (χ4v) is 6.78. The highest BCUT2D eigenvalue weighted by atomic mass is 16.7. The second-order valence-electron chi connectivity index (χ2n) is 12.0. The van der Waals surface area contributed by atoms with E-state index < -0.39 is 0 Å². The molecule has 0 N–H and O–H groups in total. The molecule has 218 valence electrons. The van der Waals surface area contributed by atoms with Gasteiger partial charge in [0.2, 0.25) is 0 Å². The summed E-state index contributed by atoms with van der Waals surface area (Å²) < 4.78 is 22.3. The Morgan fingerprint density at radius 1 is 0.763 bits per heavy atom. The molecule has 0 aromatic rings. The minimum absolute atomic E-state index is 0.0212. The van der Waals surface area contributed by atoms with E-state index in [1.165, 1.54) is 70.3 Å². The van der Waals surface area contributed by atoms with Crippen LogP contribution in [0.4, 0.5) is 0 Å². The van der Waals surface area contributed by atoms with Gasteiger partial charge in [-0.1, -0.05) is 52.0 Å². The van der Waals surface area contributed by atoms with Crippen LogP contribution in [0.2, 0.25) is 0 Å². The summed E-state index contributed by atoms with van der Waals surface area (Å²) in [6.07, 6.45) is 22.4. The molecule has 0 saturated heterocycles. The molecular formula is C32H54O6. The minimum Gasteiger partial charge on any atom is -0.463 e. The first-order valence-corrected chi connectivity index (χ1v) is 15.8. The maximum Gasteiger partial charge on any atom is 0.330 e. The van der Waals surface area contributed by atoms with Crippen molar-refractivity contribution in [3.8, 4) is 0 Å². The predicted molar refractivity (Wildman–Crippen MR) is 149 cm³/mol. The minimum atomic E-state index is -0.387. The van der Waals surface area contributed by atoms with E-state index in [9.17, 15) is 9.59 Å². The normalized spacial score (nSPS) is 29.9. The third-order valence-electron chi connectivity index (χ3n) is 9.26. The number of carbonyl (C=O) groups is 2. The van der Waals surface area contributed by atoms with Gasteiger partial charge in [-0.2, -0.15) is 0 Å². The van der Waals surface area contributed by atoms with Crippen LogP contribution in [0.15, 0.2) is 12.7 Å². The van der Waals surface area contributed by atoms with E-state index >= 15 is 0 Å². The smallest absolute Gasteiger partial charge is 0.330 e. The van der Waals surface area contributed by atoms with Crippen molar-refractivity contribution in [2.45, 2.75) is 135 Å². The Morgan fingerprint density at radius 3 is 2.05 bits per heavy atom. The van der Waals surface area contributed by atoms with Crippen molar-refractivity contribution in [2.75, 3.05) is 20.0 Å². The van der Waals surface area contributed by atoms with Crippen molar-refractivity contribution < 1.29 is 28.5 Å². The SMILES string of the molecule is C=CC(=O)OCCCCOCOC1CCC(C(=O)OC2CCC(C3CCC(CCCCC)CC3)CC2)CC1. The van der Waals surface area contributed by atoms with Crippen molar-refractivity contribution in [3.63, 3.8) is 0 Å². The molecule has 3 aliphatic carbocycles. The van der Waals surface area contributed by atoms with Gasteiger partial charge in [-0.3, -0.25) is 4.79 Å². The molecule has 3 saturated carbocycles. The Hall–Kier alpha value is -1.40. The lowest BCUT2D eigenvalue weighted by atomic mass is 9.70. The van der Waals surface area contributed by atoms with Crippen LogP contribution in [-0.4, -0.2) is 44.2 Å². The van der Waals surface area contributed by atoms with Crippen LogP contribution < -0.4 is 0 Å². The molecule has 0 atom stereocenters. The molecule has 0 unspecified atom stereocenters. The Kier molecular flexibility index (Phi) is 14.8. The number of esters is 2. The van der Waals surface area contributed by atoms with Crippen LogP contribution in [0.3, 0.4) is 0 Å². The van der Waals surface area contributed by atoms with Gasteiger partial charge in [-0.05, 0) is 94.8 Å². The summed E-state index contributed by atoms with van der Waals surface area (Å²) in [4.78, 5) is 23.8. The van der Waals surface area contributed by atoms with E-state index in [2.05, 4.69) is 13.5 Å². The monoisotopic (exact) mass is 534 g/mol. The molecule has 6 nitrogen and oxygen atoms in total. The van der Waals surface area contributed by atoms with E-state index in [0.29, 0.717) is 13.2 Å². The van der Waals surface area contributed by atoms with Crippen molar-refractivity contribution in [2.24, 2.45) is 23.7 Å². The molecule has 6 heteroatoms. The third-order valence-corrected chi connectivity index (χ3v) is 9.26. The van der Waals surface area contributed by atoms with Gasteiger partial charge >= 0.3 is 11.9 Å². The first-order chi connectivity index (χ1) is 18.6. The molecule has 3 aliphatic rings. The molecule has 0 spiro atoms. The maximum absolute atomic E-state index is 12.8. The summed E-state index contributed by atoms with van der Waals surface area (Å²) in [5, 5.41) is 0. The predicted octanol–water partition coefficient (Wildman–Crippen LogP) is 7.53. The number of unbranched alkanes of at least 4 members (excludes halogenated alkanes) is 3. The summed E-state index contributed by atoms with van der Waals surface area (Å²) in [5.74, 6) is 2.40. The van der Waals surface area contributed by atoms with Gasteiger partial charge in [0.15, 0.2) is 0 Å². The number of hydrogen-bond donors (Lipinski definition) is 0. The fraction of sp³-hybridized carbons (Fsp3) is 0.875. The number of carbonyl (C=O) groups excluding carboxylic acids is 2. The van der Waals surface area contributed by atoms with E-state index in [4.69, 9.17) is 18.9 Å². The Bertz CT molecular complexity index is 669. The summed E-state index contributed by atoms with van der Waals surface area (Å²) in [6.45, 7) is 6.90. The third kappa shape index (κ3) is 11.4. The van der Waals surface area contributed by atoms with Gasteiger partial charge in [-0.25, -0.2) is 4.79 Å². The molecule has 0 heterocycles. The van der Waals surface area contributed by atoms with Gasteiger partial charge in [-0.15, -0.1) is 0 Å². The lowest BCUT2D eigenvalue weighted by Crippen LogP contribution is -2.33. The summed E-state index contributed by atoms with van der Waals surface area (Å²) in [6, 6.07) is 0. The zero-order chi connectivity index (χ0) is 27.0. The lowest BCUT2D eigenvalue weighted by molar-refractivity contribution is -0.159. The van der Waals surface area contributed by atoms with Gasteiger partial charge in [0.1, 0.15) is 12.9 Å². The quantitative estimate of drug-likeness (QED) is 0.0882. The Labute approximate surface area is 231 Å². The molecule has 0 radical (unpaired) electrons. The fourth-order valence-electron chi connectivity index (χ4n) is 6.78. The molecule has 0 amide bonds. The molecule has 3 rings (SSSR count). The zero-order valence-corrected chi connectivity index (χ0v) is 24.0. The van der Waals surface area contributed by atoms with Crippen molar-refractivity contribution in [3.05, 3.63) is 12.7 Å². The topological polar surface area (TPSA) is 71.1 Å². The highest BCUT2D eigenvalue weighted by Gasteiger charge is 2.34. The van der Waals surface area contributed by atoms with Crippen LogP contribution in [0.5, 0.6) is 0 Å². The van der Waals surface area contributed by atoms with Crippen LogP contribution in [0.1, 0.15) is 122 Å². The summed E-state index contributed by atoms with van der Waals surface area (Å²) >= 11 is 0. The zero-order valence-electron chi connectivity index (χ0n) is 24.0. The van der Waals surface area contributed by atoms with E-state index in [0.717, 1.165) is 69.1 Å². The van der Waals surface area contributed by atoms with Crippen LogP contribution in [-0.2, 0) is 28.5 Å². The average molecular weight is 535 g/mol. The first kappa shape index (κ1) is 31.1. The maximum atomic E-state index is 12.8. The molecule has 0 aromatic carbocycles. The molecule has 0 aromatic heterocycles. The Balaban J connectivity index is 1.19. The van der Waals surface area contributed by atoms with E-state index in [1.54, 1.807) is 0 Å². The molecular weight excluding hydrogens is 480 g/mol. The van der Waals surface area contributed by atoms with Crippen LogP contribution in [0, 0.1) is 23.7 Å². The number of rotatable bonds is 16. The molecule has 0 aliphatic heterocycles. The van der Waals surface area contributed by atoms with Gasteiger partial charge < -0.3 is 18.9 Å². The lowest BCUT2D eigenvalue weighted by Gasteiger charge is -2.38. The highest BCUT2D eigenvalue weighted by molar-refractivity contribution is 5.81. The highest BCUT2D eigenvalue weighted by Crippen LogP contribution is 2.42. The van der Waals surface area contributed by atoms with Crippen LogP contribution in [0.25, 0.3) is 0 Å². The second-order valence-corrected chi connectivity index (χ2v) is 12.0. The van der Waals surface area contributed by atoms with Crippen molar-refractivity contribution in [1.29, 1.82) is 0 Å². The molecule has 38 heavy (non-hydrogen) atoms. The second kappa shape index (κ2) is 18.0.